The highest BCUT2D eigenvalue weighted by Crippen LogP contribution is 2.41. The Balaban J connectivity index is 2.09. The number of aliphatic imine (C=N–C) groups is 1. The first-order valence-electron chi connectivity index (χ1n) is 9.46. The Bertz CT molecular complexity index is 876. The summed E-state index contributed by atoms with van der Waals surface area (Å²) in [4.78, 5) is 19.2. The number of anilines is 1. The summed E-state index contributed by atoms with van der Waals surface area (Å²) in [6.45, 7) is 4.15. The predicted molar refractivity (Wildman–Crippen MR) is 111 cm³/mol. The summed E-state index contributed by atoms with van der Waals surface area (Å²) in [5, 5.41) is 0. The van der Waals surface area contributed by atoms with E-state index in [0.717, 1.165) is 41.6 Å². The second-order valence-electron chi connectivity index (χ2n) is 7.42. The van der Waals surface area contributed by atoms with Crippen molar-refractivity contribution in [3.63, 3.8) is 0 Å². The minimum absolute atomic E-state index is 0.0350. The number of unbranched alkanes of at least 4 members (excludes halogenated alkanes) is 1. The number of nitrogens with zero attached hydrogens (tertiary/aromatic N) is 2. The summed E-state index contributed by atoms with van der Waals surface area (Å²) < 4.78 is 0. The number of carbonyl (C=O) groups is 1. The Hall–Kier alpha value is -2.82. The molecule has 0 radical (unpaired) electrons. The zero-order valence-electron chi connectivity index (χ0n) is 16.3. The van der Waals surface area contributed by atoms with E-state index in [2.05, 4.69) is 13.0 Å². The van der Waals surface area contributed by atoms with E-state index in [-0.39, 0.29) is 17.8 Å². The minimum Gasteiger partial charge on any atom is -0.399 e. The first-order valence-corrected chi connectivity index (χ1v) is 9.46. The topological polar surface area (TPSA) is 84.7 Å². The summed E-state index contributed by atoms with van der Waals surface area (Å²) in [7, 11) is 1.70. The van der Waals surface area contributed by atoms with E-state index in [1.165, 1.54) is 4.90 Å². The second-order valence-corrected chi connectivity index (χ2v) is 7.42. The molecule has 4 N–H and O–H groups in total. The van der Waals surface area contributed by atoms with E-state index >= 15 is 0 Å². The highest BCUT2D eigenvalue weighted by molar-refractivity contribution is 6.00. The summed E-state index contributed by atoms with van der Waals surface area (Å²) in [5.74, 6) is 0.0725. The van der Waals surface area contributed by atoms with E-state index in [9.17, 15) is 4.79 Å². The predicted octanol–water partition coefficient (Wildman–Crippen LogP) is 3.74. The molecule has 0 aliphatic carbocycles. The fourth-order valence-corrected chi connectivity index (χ4v) is 3.79. The molecule has 2 atom stereocenters. The smallest absolute Gasteiger partial charge is 0.234 e. The molecular weight excluding hydrogens is 336 g/mol. The number of carbonyl (C=O) groups excluding carboxylic acids is 1. The summed E-state index contributed by atoms with van der Waals surface area (Å²) in [6.07, 6.45) is 2.80. The lowest BCUT2D eigenvalue weighted by Crippen LogP contribution is -2.53. The van der Waals surface area contributed by atoms with E-state index in [1.807, 2.05) is 49.4 Å². The SMILES string of the molecule is CCCC[C@H]1C(=O)N(C)C(N)=N[C@]1(C)c1cccc(-c2cccc(N)c2)c1. The van der Waals surface area contributed by atoms with Crippen LogP contribution in [0, 0.1) is 5.92 Å². The molecule has 27 heavy (non-hydrogen) atoms. The summed E-state index contributed by atoms with van der Waals surface area (Å²) >= 11 is 0. The van der Waals surface area contributed by atoms with Gasteiger partial charge in [0.2, 0.25) is 5.91 Å². The van der Waals surface area contributed by atoms with Crippen LogP contribution >= 0.6 is 0 Å². The quantitative estimate of drug-likeness (QED) is 0.793. The van der Waals surface area contributed by atoms with E-state index in [4.69, 9.17) is 16.5 Å². The van der Waals surface area contributed by atoms with Gasteiger partial charge in [-0.15, -0.1) is 0 Å². The molecule has 1 aliphatic heterocycles. The Morgan fingerprint density at radius 1 is 1.11 bits per heavy atom. The van der Waals surface area contributed by atoms with Crippen LogP contribution in [0.2, 0.25) is 0 Å². The first kappa shape index (κ1) is 19.0. The largest absolute Gasteiger partial charge is 0.399 e. The van der Waals surface area contributed by atoms with Crippen LogP contribution in [0.5, 0.6) is 0 Å². The molecule has 2 aromatic rings. The summed E-state index contributed by atoms with van der Waals surface area (Å²) in [6, 6.07) is 16.0. The zero-order valence-corrected chi connectivity index (χ0v) is 16.3. The molecule has 1 aliphatic rings. The van der Waals surface area contributed by atoms with E-state index in [0.29, 0.717) is 0 Å². The molecule has 1 heterocycles. The van der Waals surface area contributed by atoms with Gasteiger partial charge in [-0.05, 0) is 48.2 Å². The molecule has 5 heteroatoms. The van der Waals surface area contributed by atoms with Crippen molar-refractivity contribution in [2.75, 3.05) is 12.8 Å². The number of hydrogen-bond acceptors (Lipinski definition) is 4. The van der Waals surface area contributed by atoms with Gasteiger partial charge in [0, 0.05) is 12.7 Å². The molecule has 5 nitrogen and oxygen atoms in total. The molecule has 142 valence electrons. The number of benzene rings is 2. The lowest BCUT2D eigenvalue weighted by molar-refractivity contribution is -0.134. The van der Waals surface area contributed by atoms with Crippen molar-refractivity contribution in [1.82, 2.24) is 4.90 Å². The van der Waals surface area contributed by atoms with Crippen LogP contribution in [0.1, 0.15) is 38.7 Å². The fraction of sp³-hybridized carbons (Fsp3) is 0.364. The lowest BCUT2D eigenvalue weighted by atomic mass is 9.75. The van der Waals surface area contributed by atoms with Crippen LogP contribution in [0.15, 0.2) is 53.5 Å². The molecule has 0 unspecified atom stereocenters. The molecular formula is C22H28N4O. The van der Waals surface area contributed by atoms with E-state index in [1.54, 1.807) is 7.05 Å². The summed E-state index contributed by atoms with van der Waals surface area (Å²) in [5.41, 5.74) is 15.2. The molecule has 0 spiro atoms. The Morgan fingerprint density at radius 2 is 1.78 bits per heavy atom. The molecule has 0 saturated carbocycles. The molecule has 2 aromatic carbocycles. The van der Waals surface area contributed by atoms with Crippen molar-refractivity contribution in [2.45, 2.75) is 38.6 Å². The average Bonchev–Trinajstić information content (AvgIpc) is 2.66. The van der Waals surface area contributed by atoms with Crippen molar-refractivity contribution in [2.24, 2.45) is 16.6 Å². The normalized spacial score (nSPS) is 22.6. The molecule has 0 fully saturated rings. The van der Waals surface area contributed by atoms with Crippen LogP contribution in [-0.2, 0) is 10.3 Å². The Kier molecular flexibility index (Phi) is 5.22. The lowest BCUT2D eigenvalue weighted by Gasteiger charge is -2.41. The molecule has 3 rings (SSSR count). The van der Waals surface area contributed by atoms with Gasteiger partial charge in [-0.1, -0.05) is 50.1 Å². The van der Waals surface area contributed by atoms with Crippen LogP contribution in [0.25, 0.3) is 11.1 Å². The molecule has 0 bridgehead atoms. The van der Waals surface area contributed by atoms with Crippen LogP contribution < -0.4 is 11.5 Å². The van der Waals surface area contributed by atoms with Gasteiger partial charge >= 0.3 is 0 Å². The van der Waals surface area contributed by atoms with Crippen LogP contribution in [0.3, 0.4) is 0 Å². The van der Waals surface area contributed by atoms with Crippen molar-refractivity contribution in [3.05, 3.63) is 54.1 Å². The standard InChI is InChI=1S/C22H28N4O/c1-4-5-12-19-20(27)26(3)21(24)25-22(19,2)17-10-6-8-15(13-17)16-9-7-11-18(23)14-16/h6-11,13-14,19H,4-5,12,23H2,1-3H3,(H2,24,25)/t19-,22+/m0/s1. The van der Waals surface area contributed by atoms with Gasteiger partial charge in [0.15, 0.2) is 5.96 Å². The van der Waals surface area contributed by atoms with Gasteiger partial charge in [0.05, 0.1) is 11.5 Å². The first-order chi connectivity index (χ1) is 12.9. The molecule has 0 saturated heterocycles. The number of nitrogen functional groups attached to an aromatic ring is 1. The average molecular weight is 364 g/mol. The number of guanidine groups is 1. The van der Waals surface area contributed by atoms with Gasteiger partial charge in [0.1, 0.15) is 0 Å². The van der Waals surface area contributed by atoms with Crippen molar-refractivity contribution >= 4 is 17.6 Å². The number of nitrogens with two attached hydrogens (primary N) is 2. The fourth-order valence-electron chi connectivity index (χ4n) is 3.79. The highest BCUT2D eigenvalue weighted by Gasteiger charge is 2.45. The third kappa shape index (κ3) is 3.54. The number of amides is 1. The zero-order chi connectivity index (χ0) is 19.6. The Labute approximate surface area is 161 Å². The third-order valence-electron chi connectivity index (χ3n) is 5.51. The van der Waals surface area contributed by atoms with Gasteiger partial charge in [0.25, 0.3) is 0 Å². The van der Waals surface area contributed by atoms with Gasteiger partial charge in [-0.25, -0.2) is 4.99 Å². The maximum absolute atomic E-state index is 13.0. The van der Waals surface area contributed by atoms with Gasteiger partial charge < -0.3 is 11.5 Å². The maximum Gasteiger partial charge on any atom is 0.234 e. The van der Waals surface area contributed by atoms with Gasteiger partial charge in [-0.3, -0.25) is 9.69 Å². The molecule has 0 aromatic heterocycles. The minimum atomic E-state index is -0.681. The van der Waals surface area contributed by atoms with Crippen LogP contribution in [-0.4, -0.2) is 23.8 Å². The number of rotatable bonds is 5. The maximum atomic E-state index is 13.0. The van der Waals surface area contributed by atoms with Crippen molar-refractivity contribution in [1.29, 1.82) is 0 Å². The van der Waals surface area contributed by atoms with Crippen molar-refractivity contribution in [3.8, 4) is 11.1 Å². The monoisotopic (exact) mass is 364 g/mol. The van der Waals surface area contributed by atoms with E-state index < -0.39 is 5.54 Å². The van der Waals surface area contributed by atoms with Gasteiger partial charge in [-0.2, -0.15) is 0 Å². The number of hydrogen-bond donors (Lipinski definition) is 2. The van der Waals surface area contributed by atoms with Crippen molar-refractivity contribution < 1.29 is 4.79 Å². The highest BCUT2D eigenvalue weighted by atomic mass is 16.2. The second kappa shape index (κ2) is 7.43. The molecule has 1 amide bonds. The third-order valence-corrected chi connectivity index (χ3v) is 5.51. The van der Waals surface area contributed by atoms with Crippen LogP contribution in [0.4, 0.5) is 5.69 Å². The Morgan fingerprint density at radius 3 is 2.44 bits per heavy atom.